The molecule has 2 aromatic rings. The van der Waals surface area contributed by atoms with Crippen LogP contribution in [0.2, 0.25) is 10.0 Å². The SMILES string of the molecule is CCC(C(=O)NCC(C)C)N(Cc1ccc(Cl)cc1)C(=O)Cc1c(F)cccc1Cl. The third-order valence-electron chi connectivity index (χ3n) is 4.73. The van der Waals surface area contributed by atoms with Crippen LogP contribution in [0, 0.1) is 11.7 Å². The minimum atomic E-state index is -0.683. The lowest BCUT2D eigenvalue weighted by molar-refractivity contribution is -0.141. The molecule has 0 fully saturated rings. The summed E-state index contributed by atoms with van der Waals surface area (Å²) < 4.78 is 14.2. The number of carbonyl (C=O) groups excluding carboxylic acids is 2. The van der Waals surface area contributed by atoms with E-state index in [1.807, 2.05) is 20.8 Å². The zero-order valence-electron chi connectivity index (χ0n) is 17.4. The fourth-order valence-electron chi connectivity index (χ4n) is 3.08. The largest absolute Gasteiger partial charge is 0.354 e. The average Bonchev–Trinajstić information content (AvgIpc) is 2.70. The van der Waals surface area contributed by atoms with Gasteiger partial charge in [0.1, 0.15) is 11.9 Å². The van der Waals surface area contributed by atoms with E-state index in [-0.39, 0.29) is 41.3 Å². The van der Waals surface area contributed by atoms with Gasteiger partial charge in [0.05, 0.1) is 6.42 Å². The van der Waals surface area contributed by atoms with E-state index in [0.29, 0.717) is 18.0 Å². The Kier molecular flexibility index (Phi) is 9.12. The number of rotatable bonds is 9. The van der Waals surface area contributed by atoms with Gasteiger partial charge in [-0.1, -0.05) is 62.2 Å². The Labute approximate surface area is 187 Å². The van der Waals surface area contributed by atoms with Gasteiger partial charge < -0.3 is 10.2 Å². The number of hydrogen-bond acceptors (Lipinski definition) is 2. The Bertz CT molecular complexity index is 852. The average molecular weight is 453 g/mol. The molecule has 1 unspecified atom stereocenters. The summed E-state index contributed by atoms with van der Waals surface area (Å²) in [5.74, 6) is -0.861. The summed E-state index contributed by atoms with van der Waals surface area (Å²) in [5.41, 5.74) is 0.949. The normalized spacial score (nSPS) is 12.0. The molecule has 2 aromatic carbocycles. The smallest absolute Gasteiger partial charge is 0.242 e. The molecule has 2 amide bonds. The number of nitrogens with one attached hydrogen (secondary N) is 1. The molecule has 0 aromatic heterocycles. The summed E-state index contributed by atoms with van der Waals surface area (Å²) in [5, 5.41) is 3.66. The maximum Gasteiger partial charge on any atom is 0.242 e. The Morgan fingerprint density at radius 1 is 1.10 bits per heavy atom. The van der Waals surface area contributed by atoms with Gasteiger partial charge in [0.25, 0.3) is 0 Å². The molecule has 1 N–H and O–H groups in total. The molecule has 0 spiro atoms. The maximum absolute atomic E-state index is 14.2. The third-order valence-corrected chi connectivity index (χ3v) is 5.33. The van der Waals surface area contributed by atoms with Crippen molar-refractivity contribution in [3.63, 3.8) is 0 Å². The molecule has 1 atom stereocenters. The highest BCUT2D eigenvalue weighted by molar-refractivity contribution is 6.31. The summed E-state index contributed by atoms with van der Waals surface area (Å²) in [7, 11) is 0. The molecule has 7 heteroatoms. The fraction of sp³-hybridized carbons (Fsp3) is 0.391. The van der Waals surface area contributed by atoms with Crippen molar-refractivity contribution < 1.29 is 14.0 Å². The Balaban J connectivity index is 2.32. The predicted octanol–water partition coefficient (Wildman–Crippen LogP) is 5.25. The first kappa shape index (κ1) is 24.2. The lowest BCUT2D eigenvalue weighted by atomic mass is 10.1. The molecule has 0 bridgehead atoms. The highest BCUT2D eigenvalue weighted by Gasteiger charge is 2.29. The second-order valence-corrected chi connectivity index (χ2v) is 8.43. The van der Waals surface area contributed by atoms with Crippen LogP contribution in [0.15, 0.2) is 42.5 Å². The van der Waals surface area contributed by atoms with E-state index in [0.717, 1.165) is 5.56 Å². The molecule has 0 aliphatic carbocycles. The van der Waals surface area contributed by atoms with E-state index in [4.69, 9.17) is 23.2 Å². The number of hydrogen-bond donors (Lipinski definition) is 1. The molecule has 30 heavy (non-hydrogen) atoms. The summed E-state index contributed by atoms with van der Waals surface area (Å²) in [4.78, 5) is 27.5. The van der Waals surface area contributed by atoms with Crippen LogP contribution < -0.4 is 5.32 Å². The van der Waals surface area contributed by atoms with Gasteiger partial charge in [-0.05, 0) is 42.2 Å². The van der Waals surface area contributed by atoms with Crippen molar-refractivity contribution in [3.05, 3.63) is 69.5 Å². The fourth-order valence-corrected chi connectivity index (χ4v) is 3.44. The molecule has 0 saturated carbocycles. The first-order valence-electron chi connectivity index (χ1n) is 9.97. The zero-order valence-corrected chi connectivity index (χ0v) is 18.9. The number of amides is 2. The minimum absolute atomic E-state index is 0.128. The number of carbonyl (C=O) groups is 2. The molecule has 0 heterocycles. The highest BCUT2D eigenvalue weighted by Crippen LogP contribution is 2.22. The van der Waals surface area contributed by atoms with Crippen LogP contribution >= 0.6 is 23.2 Å². The Morgan fingerprint density at radius 2 is 1.77 bits per heavy atom. The molecule has 162 valence electrons. The van der Waals surface area contributed by atoms with Crippen molar-refractivity contribution in [3.8, 4) is 0 Å². The van der Waals surface area contributed by atoms with Gasteiger partial charge >= 0.3 is 0 Å². The molecular formula is C23H27Cl2FN2O2. The van der Waals surface area contributed by atoms with Gasteiger partial charge in [-0.3, -0.25) is 9.59 Å². The second kappa shape index (κ2) is 11.3. The van der Waals surface area contributed by atoms with E-state index in [1.165, 1.54) is 17.0 Å². The summed E-state index contributed by atoms with van der Waals surface area (Å²) in [6, 6.07) is 10.7. The van der Waals surface area contributed by atoms with Crippen molar-refractivity contribution in [1.29, 1.82) is 0 Å². The van der Waals surface area contributed by atoms with Crippen molar-refractivity contribution >= 4 is 35.0 Å². The summed E-state index contributed by atoms with van der Waals surface area (Å²) in [6.45, 7) is 6.56. The van der Waals surface area contributed by atoms with Crippen LogP contribution in [0.25, 0.3) is 0 Å². The lowest BCUT2D eigenvalue weighted by Crippen LogP contribution is -2.50. The van der Waals surface area contributed by atoms with Crippen LogP contribution in [0.1, 0.15) is 38.3 Å². The van der Waals surface area contributed by atoms with Gasteiger partial charge in [0.15, 0.2) is 0 Å². The van der Waals surface area contributed by atoms with Crippen molar-refractivity contribution in [2.45, 2.75) is 46.2 Å². The van der Waals surface area contributed by atoms with Crippen molar-refractivity contribution in [2.24, 2.45) is 5.92 Å². The van der Waals surface area contributed by atoms with Gasteiger partial charge in [0.2, 0.25) is 11.8 Å². The summed E-state index contributed by atoms with van der Waals surface area (Å²) >= 11 is 12.1. The number of nitrogens with zero attached hydrogens (tertiary/aromatic N) is 1. The molecule has 0 aliphatic heterocycles. The Hall–Kier alpha value is -2.11. The topological polar surface area (TPSA) is 49.4 Å². The van der Waals surface area contributed by atoms with E-state index in [2.05, 4.69) is 5.32 Å². The zero-order chi connectivity index (χ0) is 22.3. The molecular weight excluding hydrogens is 426 g/mol. The first-order valence-corrected chi connectivity index (χ1v) is 10.7. The van der Waals surface area contributed by atoms with Crippen LogP contribution in [-0.4, -0.2) is 29.3 Å². The van der Waals surface area contributed by atoms with Gasteiger partial charge in [-0.2, -0.15) is 0 Å². The third kappa shape index (κ3) is 6.71. The molecule has 0 saturated heterocycles. The second-order valence-electron chi connectivity index (χ2n) is 7.59. The van der Waals surface area contributed by atoms with Crippen molar-refractivity contribution in [2.75, 3.05) is 6.54 Å². The molecule has 2 rings (SSSR count). The molecule has 0 radical (unpaired) electrons. The van der Waals surface area contributed by atoms with Crippen molar-refractivity contribution in [1.82, 2.24) is 10.2 Å². The van der Waals surface area contributed by atoms with Crippen LogP contribution in [0.3, 0.4) is 0 Å². The van der Waals surface area contributed by atoms with Gasteiger partial charge in [-0.15, -0.1) is 0 Å². The highest BCUT2D eigenvalue weighted by atomic mass is 35.5. The van der Waals surface area contributed by atoms with Gasteiger partial charge in [-0.25, -0.2) is 4.39 Å². The molecule has 4 nitrogen and oxygen atoms in total. The van der Waals surface area contributed by atoms with E-state index in [9.17, 15) is 14.0 Å². The van der Waals surface area contributed by atoms with Crippen LogP contribution in [-0.2, 0) is 22.6 Å². The van der Waals surface area contributed by atoms with Crippen LogP contribution in [0.4, 0.5) is 4.39 Å². The molecule has 0 aliphatic rings. The quantitative estimate of drug-likeness (QED) is 0.564. The minimum Gasteiger partial charge on any atom is -0.354 e. The van der Waals surface area contributed by atoms with Crippen LogP contribution in [0.5, 0.6) is 0 Å². The number of benzene rings is 2. The predicted molar refractivity (Wildman–Crippen MR) is 119 cm³/mol. The van der Waals surface area contributed by atoms with E-state index in [1.54, 1.807) is 30.3 Å². The number of halogens is 3. The summed E-state index contributed by atoms with van der Waals surface area (Å²) in [6.07, 6.45) is 0.196. The Morgan fingerprint density at radius 3 is 2.33 bits per heavy atom. The van der Waals surface area contributed by atoms with E-state index >= 15 is 0 Å². The maximum atomic E-state index is 14.2. The first-order chi connectivity index (χ1) is 14.2. The van der Waals surface area contributed by atoms with E-state index < -0.39 is 11.9 Å². The monoisotopic (exact) mass is 452 g/mol. The lowest BCUT2D eigenvalue weighted by Gasteiger charge is -2.31. The van der Waals surface area contributed by atoms with Gasteiger partial charge in [0, 0.05) is 28.7 Å². The standard InChI is InChI=1S/C23H27Cl2FN2O2/c1-4-21(23(30)27-13-15(2)3)28(14-16-8-10-17(24)11-9-16)22(29)12-18-19(25)6-5-7-20(18)26/h5-11,15,21H,4,12-14H2,1-3H3,(H,27,30).